The number of carboxylic acid groups (broad SMARTS) is 1. The molecule has 84 valence electrons. The standard InChI is InChI=1S/C9H21N3O2/c1-10-8(9(13)14)7-11-5-4-6-12(2)3/h8,10-11H,4-7H2,1-3H3,(H,13,14). The molecule has 0 fully saturated rings. The van der Waals surface area contributed by atoms with Crippen LogP contribution in [0.4, 0.5) is 0 Å². The molecule has 3 N–H and O–H groups in total. The van der Waals surface area contributed by atoms with Crippen molar-refractivity contribution in [2.75, 3.05) is 40.8 Å². The van der Waals surface area contributed by atoms with Crippen molar-refractivity contribution >= 4 is 5.97 Å². The van der Waals surface area contributed by atoms with E-state index < -0.39 is 12.0 Å². The van der Waals surface area contributed by atoms with Crippen LogP contribution in [0.1, 0.15) is 6.42 Å². The summed E-state index contributed by atoms with van der Waals surface area (Å²) in [7, 11) is 5.70. The van der Waals surface area contributed by atoms with Crippen LogP contribution < -0.4 is 10.6 Å². The quantitative estimate of drug-likeness (QED) is 0.451. The Morgan fingerprint density at radius 1 is 1.50 bits per heavy atom. The molecule has 0 saturated heterocycles. The normalized spacial score (nSPS) is 13.1. The fourth-order valence-corrected chi connectivity index (χ4v) is 1.08. The molecule has 0 radical (unpaired) electrons. The number of likely N-dealkylation sites (N-methyl/N-ethyl adjacent to an activating group) is 1. The molecular formula is C9H21N3O2. The average Bonchev–Trinajstić information content (AvgIpc) is 2.10. The minimum atomic E-state index is -0.812. The summed E-state index contributed by atoms with van der Waals surface area (Å²) in [4.78, 5) is 12.7. The van der Waals surface area contributed by atoms with Crippen molar-refractivity contribution in [1.29, 1.82) is 0 Å². The van der Waals surface area contributed by atoms with Gasteiger partial charge in [-0.15, -0.1) is 0 Å². The fraction of sp³-hybridized carbons (Fsp3) is 0.889. The second-order valence-electron chi connectivity index (χ2n) is 3.54. The largest absolute Gasteiger partial charge is 0.480 e. The van der Waals surface area contributed by atoms with E-state index in [0.717, 1.165) is 19.5 Å². The van der Waals surface area contributed by atoms with E-state index in [0.29, 0.717) is 6.54 Å². The zero-order valence-corrected chi connectivity index (χ0v) is 9.21. The van der Waals surface area contributed by atoms with E-state index in [4.69, 9.17) is 5.11 Å². The minimum Gasteiger partial charge on any atom is -0.480 e. The number of carbonyl (C=O) groups is 1. The highest BCUT2D eigenvalue weighted by Crippen LogP contribution is 1.83. The second-order valence-corrected chi connectivity index (χ2v) is 3.54. The van der Waals surface area contributed by atoms with Crippen LogP contribution in [0.25, 0.3) is 0 Å². The first-order valence-corrected chi connectivity index (χ1v) is 4.83. The van der Waals surface area contributed by atoms with Crippen molar-refractivity contribution in [3.05, 3.63) is 0 Å². The van der Waals surface area contributed by atoms with Gasteiger partial charge in [0, 0.05) is 6.54 Å². The summed E-state index contributed by atoms with van der Waals surface area (Å²) in [5, 5.41) is 14.5. The SMILES string of the molecule is CNC(CNCCCN(C)C)C(=O)O. The zero-order chi connectivity index (χ0) is 11.0. The topological polar surface area (TPSA) is 64.6 Å². The molecule has 0 amide bonds. The Morgan fingerprint density at radius 3 is 2.57 bits per heavy atom. The van der Waals surface area contributed by atoms with Gasteiger partial charge in [0.2, 0.25) is 0 Å². The molecule has 5 nitrogen and oxygen atoms in total. The second kappa shape index (κ2) is 7.73. The van der Waals surface area contributed by atoms with Gasteiger partial charge in [-0.25, -0.2) is 0 Å². The van der Waals surface area contributed by atoms with Gasteiger partial charge in [-0.1, -0.05) is 0 Å². The number of carboxylic acids is 1. The number of nitrogens with one attached hydrogen (secondary N) is 2. The number of hydrogen-bond donors (Lipinski definition) is 3. The lowest BCUT2D eigenvalue weighted by Gasteiger charge is -2.13. The third-order valence-electron chi connectivity index (χ3n) is 1.95. The Hall–Kier alpha value is -0.650. The molecular weight excluding hydrogens is 182 g/mol. The summed E-state index contributed by atoms with van der Waals surface area (Å²) in [6, 6.07) is -0.491. The molecule has 0 saturated carbocycles. The predicted molar refractivity (Wildman–Crippen MR) is 56.5 cm³/mol. The van der Waals surface area contributed by atoms with E-state index in [1.807, 2.05) is 14.1 Å². The smallest absolute Gasteiger partial charge is 0.322 e. The van der Waals surface area contributed by atoms with Crippen LogP contribution in [0.15, 0.2) is 0 Å². The van der Waals surface area contributed by atoms with Crippen LogP contribution >= 0.6 is 0 Å². The molecule has 0 aliphatic heterocycles. The third-order valence-corrected chi connectivity index (χ3v) is 1.95. The Labute approximate surface area is 85.5 Å². The first-order chi connectivity index (χ1) is 6.57. The Kier molecular flexibility index (Phi) is 7.37. The van der Waals surface area contributed by atoms with Gasteiger partial charge in [0.1, 0.15) is 6.04 Å². The summed E-state index contributed by atoms with van der Waals surface area (Å²) in [6.45, 7) is 2.34. The number of rotatable bonds is 8. The number of aliphatic carboxylic acids is 1. The average molecular weight is 203 g/mol. The maximum Gasteiger partial charge on any atom is 0.322 e. The molecule has 14 heavy (non-hydrogen) atoms. The fourth-order valence-electron chi connectivity index (χ4n) is 1.08. The van der Waals surface area contributed by atoms with Gasteiger partial charge in [-0.05, 0) is 40.7 Å². The van der Waals surface area contributed by atoms with Crippen LogP contribution in [0.3, 0.4) is 0 Å². The van der Waals surface area contributed by atoms with Crippen molar-refractivity contribution in [3.8, 4) is 0 Å². The lowest BCUT2D eigenvalue weighted by atomic mass is 10.3. The van der Waals surface area contributed by atoms with Crippen LogP contribution in [-0.4, -0.2) is 62.8 Å². The van der Waals surface area contributed by atoms with Gasteiger partial charge >= 0.3 is 5.97 Å². The molecule has 0 aliphatic rings. The highest BCUT2D eigenvalue weighted by atomic mass is 16.4. The summed E-state index contributed by atoms with van der Waals surface area (Å²) in [5.41, 5.74) is 0. The maximum atomic E-state index is 10.6. The van der Waals surface area contributed by atoms with Crippen molar-refractivity contribution in [2.45, 2.75) is 12.5 Å². The van der Waals surface area contributed by atoms with Gasteiger partial charge in [0.25, 0.3) is 0 Å². The minimum absolute atomic E-state index is 0.471. The van der Waals surface area contributed by atoms with Gasteiger partial charge in [-0.2, -0.15) is 0 Å². The molecule has 0 aromatic rings. The molecule has 0 heterocycles. The van der Waals surface area contributed by atoms with Gasteiger partial charge in [0.05, 0.1) is 0 Å². The first-order valence-electron chi connectivity index (χ1n) is 4.83. The van der Waals surface area contributed by atoms with E-state index in [9.17, 15) is 4.79 Å². The predicted octanol–water partition coefficient (Wildman–Crippen LogP) is -0.800. The third kappa shape index (κ3) is 6.82. The highest BCUT2D eigenvalue weighted by molar-refractivity contribution is 5.73. The summed E-state index contributed by atoms with van der Waals surface area (Å²) in [6.07, 6.45) is 1.03. The summed E-state index contributed by atoms with van der Waals surface area (Å²) < 4.78 is 0. The number of nitrogens with zero attached hydrogens (tertiary/aromatic N) is 1. The maximum absolute atomic E-state index is 10.6. The molecule has 1 atom stereocenters. The van der Waals surface area contributed by atoms with Gasteiger partial charge in [0.15, 0.2) is 0 Å². The monoisotopic (exact) mass is 203 g/mol. The Balaban J connectivity index is 3.38. The van der Waals surface area contributed by atoms with Crippen LogP contribution in [-0.2, 0) is 4.79 Å². The first kappa shape index (κ1) is 13.4. The highest BCUT2D eigenvalue weighted by Gasteiger charge is 2.12. The molecule has 0 aromatic heterocycles. The zero-order valence-electron chi connectivity index (χ0n) is 9.21. The van der Waals surface area contributed by atoms with Crippen molar-refractivity contribution in [1.82, 2.24) is 15.5 Å². The molecule has 0 aliphatic carbocycles. The van der Waals surface area contributed by atoms with E-state index in [2.05, 4.69) is 15.5 Å². The van der Waals surface area contributed by atoms with Crippen LogP contribution in [0.2, 0.25) is 0 Å². The Bertz CT molecular complexity index is 162. The van der Waals surface area contributed by atoms with Gasteiger partial charge in [-0.3, -0.25) is 4.79 Å². The van der Waals surface area contributed by atoms with E-state index in [1.54, 1.807) is 7.05 Å². The molecule has 0 bridgehead atoms. The van der Waals surface area contributed by atoms with Crippen LogP contribution in [0, 0.1) is 0 Å². The van der Waals surface area contributed by atoms with Crippen molar-refractivity contribution in [3.63, 3.8) is 0 Å². The molecule has 1 unspecified atom stereocenters. The van der Waals surface area contributed by atoms with E-state index in [-0.39, 0.29) is 0 Å². The van der Waals surface area contributed by atoms with Crippen molar-refractivity contribution < 1.29 is 9.90 Å². The van der Waals surface area contributed by atoms with E-state index >= 15 is 0 Å². The summed E-state index contributed by atoms with van der Waals surface area (Å²) in [5.74, 6) is -0.812. The van der Waals surface area contributed by atoms with Gasteiger partial charge < -0.3 is 20.6 Å². The number of hydrogen-bond acceptors (Lipinski definition) is 4. The van der Waals surface area contributed by atoms with Crippen LogP contribution in [0.5, 0.6) is 0 Å². The molecule has 0 aromatic carbocycles. The summed E-state index contributed by atoms with van der Waals surface area (Å²) >= 11 is 0. The molecule has 0 rings (SSSR count). The van der Waals surface area contributed by atoms with E-state index in [1.165, 1.54) is 0 Å². The molecule has 5 heteroatoms. The molecule has 0 spiro atoms. The lowest BCUT2D eigenvalue weighted by molar-refractivity contribution is -0.139. The Morgan fingerprint density at radius 2 is 2.14 bits per heavy atom. The van der Waals surface area contributed by atoms with Crippen molar-refractivity contribution in [2.24, 2.45) is 0 Å². The lowest BCUT2D eigenvalue weighted by Crippen LogP contribution is -2.43.